The number of hydrogen-bond acceptors (Lipinski definition) is 4. The van der Waals surface area contributed by atoms with Crippen LogP contribution in [0, 0.1) is 20.8 Å². The van der Waals surface area contributed by atoms with E-state index in [1.807, 2.05) is 74.0 Å². The van der Waals surface area contributed by atoms with Crippen LogP contribution in [0.2, 0.25) is 0 Å². The minimum atomic E-state index is -4.11. The number of likely N-dealkylation sites (N-methyl/N-ethyl adjacent to an activating group) is 1. The van der Waals surface area contributed by atoms with E-state index in [1.165, 1.54) is 6.07 Å². The minimum Gasteiger partial charge on any atom is -0.325 e. The Kier molecular flexibility index (Phi) is 8.30. The van der Waals surface area contributed by atoms with E-state index in [1.54, 1.807) is 30.0 Å². The maximum atomic E-state index is 13.6. The average molecular weight is 494 g/mol. The largest absolute Gasteiger partial charge is 0.329 e. The minimum absolute atomic E-state index is 0.00593. The molecule has 0 aliphatic rings. The molecule has 8 heteroatoms. The number of nitrogens with zero attached hydrogens (tertiary/aromatic N) is 1. The Morgan fingerprint density at radius 1 is 0.857 bits per heavy atom. The van der Waals surface area contributed by atoms with Gasteiger partial charge in [0.25, 0.3) is 10.0 Å². The van der Waals surface area contributed by atoms with Crippen LogP contribution in [0.3, 0.4) is 0 Å². The van der Waals surface area contributed by atoms with Crippen LogP contribution in [-0.4, -0.2) is 32.9 Å². The van der Waals surface area contributed by atoms with E-state index in [0.717, 1.165) is 16.7 Å². The fourth-order valence-electron chi connectivity index (χ4n) is 3.82. The fourth-order valence-corrected chi connectivity index (χ4v) is 4.98. The fraction of sp³-hybridized carbons (Fsp3) is 0.259. The van der Waals surface area contributed by atoms with E-state index < -0.39 is 22.1 Å². The van der Waals surface area contributed by atoms with Crippen LogP contribution in [0.25, 0.3) is 0 Å². The summed E-state index contributed by atoms with van der Waals surface area (Å²) >= 11 is 0. The molecular weight excluding hydrogens is 462 g/mol. The Morgan fingerprint density at radius 2 is 1.51 bits per heavy atom. The highest BCUT2D eigenvalue weighted by atomic mass is 32.2. The molecule has 3 aromatic rings. The van der Waals surface area contributed by atoms with Crippen molar-refractivity contribution < 1.29 is 18.0 Å². The highest BCUT2D eigenvalue weighted by molar-refractivity contribution is 7.90. The van der Waals surface area contributed by atoms with Crippen molar-refractivity contribution in [2.24, 2.45) is 0 Å². The van der Waals surface area contributed by atoms with Gasteiger partial charge in [-0.05, 0) is 68.1 Å². The van der Waals surface area contributed by atoms with Gasteiger partial charge in [0.2, 0.25) is 5.91 Å². The number of aryl methyl sites for hydroxylation is 3. The smallest absolute Gasteiger partial charge is 0.325 e. The van der Waals surface area contributed by atoms with Gasteiger partial charge in [0.05, 0.1) is 4.90 Å². The van der Waals surface area contributed by atoms with Gasteiger partial charge in [0, 0.05) is 18.7 Å². The van der Waals surface area contributed by atoms with Gasteiger partial charge < -0.3 is 10.2 Å². The van der Waals surface area contributed by atoms with Crippen molar-refractivity contribution in [2.75, 3.05) is 11.4 Å². The molecule has 1 atom stereocenters. The second-order valence-corrected chi connectivity index (χ2v) is 10.1. The lowest BCUT2D eigenvalue weighted by molar-refractivity contribution is -0.120. The number of nitrogens with one attached hydrogen (secondary N) is 2. The SMILES string of the molecule is CCN(C(=O)[C@H](Cc1ccccc1)NC(=O)NS(=O)(=O)c1ccccc1C)c1ccc(C)c(C)c1. The summed E-state index contributed by atoms with van der Waals surface area (Å²) < 4.78 is 27.6. The highest BCUT2D eigenvalue weighted by Gasteiger charge is 2.28. The maximum absolute atomic E-state index is 13.6. The van der Waals surface area contributed by atoms with Gasteiger partial charge in [-0.25, -0.2) is 17.9 Å². The van der Waals surface area contributed by atoms with Crippen molar-refractivity contribution >= 4 is 27.6 Å². The zero-order valence-electron chi connectivity index (χ0n) is 20.4. The molecular formula is C27H31N3O4S. The summed E-state index contributed by atoms with van der Waals surface area (Å²) in [4.78, 5) is 28.1. The third kappa shape index (κ3) is 6.48. The number of hydrogen-bond donors (Lipinski definition) is 2. The van der Waals surface area contributed by atoms with Crippen LogP contribution in [0.15, 0.2) is 77.7 Å². The van der Waals surface area contributed by atoms with Crippen LogP contribution in [0.5, 0.6) is 0 Å². The molecule has 0 aromatic heterocycles. The molecule has 0 spiro atoms. The van der Waals surface area contributed by atoms with Crippen LogP contribution >= 0.6 is 0 Å². The summed E-state index contributed by atoms with van der Waals surface area (Å²) in [6, 6.07) is 19.5. The lowest BCUT2D eigenvalue weighted by Gasteiger charge is -2.28. The monoisotopic (exact) mass is 493 g/mol. The summed E-state index contributed by atoms with van der Waals surface area (Å²) in [5.41, 5.74) is 4.22. The Balaban J connectivity index is 1.87. The first-order valence-corrected chi connectivity index (χ1v) is 12.9. The second-order valence-electron chi connectivity index (χ2n) is 8.44. The Bertz CT molecular complexity index is 1310. The van der Waals surface area contributed by atoms with Crippen molar-refractivity contribution in [3.63, 3.8) is 0 Å². The molecule has 184 valence electrons. The number of carbonyl (C=O) groups excluding carboxylic acids is 2. The summed E-state index contributed by atoms with van der Waals surface area (Å²) in [5.74, 6) is -0.331. The number of benzene rings is 3. The third-order valence-corrected chi connectivity index (χ3v) is 7.37. The molecule has 0 bridgehead atoms. The number of rotatable bonds is 8. The number of carbonyl (C=O) groups is 2. The third-order valence-electron chi connectivity index (χ3n) is 5.88. The molecule has 35 heavy (non-hydrogen) atoms. The molecule has 0 unspecified atom stereocenters. The topological polar surface area (TPSA) is 95.6 Å². The van der Waals surface area contributed by atoms with Gasteiger partial charge in [-0.3, -0.25) is 4.79 Å². The van der Waals surface area contributed by atoms with Crippen molar-refractivity contribution in [3.8, 4) is 0 Å². The van der Waals surface area contributed by atoms with Gasteiger partial charge in [-0.1, -0.05) is 54.6 Å². The van der Waals surface area contributed by atoms with Crippen LogP contribution in [0.4, 0.5) is 10.5 Å². The predicted octanol–water partition coefficient (Wildman–Crippen LogP) is 4.26. The molecule has 0 aliphatic carbocycles. The first kappa shape index (κ1) is 26.0. The quantitative estimate of drug-likeness (QED) is 0.490. The van der Waals surface area contributed by atoms with Crippen molar-refractivity contribution in [1.82, 2.24) is 10.0 Å². The molecule has 0 fully saturated rings. The molecule has 2 N–H and O–H groups in total. The van der Waals surface area contributed by atoms with Gasteiger partial charge in [0.15, 0.2) is 0 Å². The second kappa shape index (κ2) is 11.2. The zero-order valence-corrected chi connectivity index (χ0v) is 21.2. The van der Waals surface area contributed by atoms with Crippen LogP contribution in [-0.2, 0) is 21.2 Å². The van der Waals surface area contributed by atoms with Crippen molar-refractivity contribution in [2.45, 2.75) is 45.1 Å². The number of amides is 3. The summed E-state index contributed by atoms with van der Waals surface area (Å²) in [6.45, 7) is 7.86. The molecule has 7 nitrogen and oxygen atoms in total. The average Bonchev–Trinajstić information content (AvgIpc) is 2.81. The van der Waals surface area contributed by atoms with E-state index in [9.17, 15) is 18.0 Å². The van der Waals surface area contributed by atoms with E-state index in [2.05, 4.69) is 5.32 Å². The molecule has 3 amide bonds. The summed E-state index contributed by atoms with van der Waals surface area (Å²) in [5, 5.41) is 2.60. The van der Waals surface area contributed by atoms with E-state index in [-0.39, 0.29) is 17.2 Å². The summed E-state index contributed by atoms with van der Waals surface area (Å²) in [7, 11) is -4.11. The lowest BCUT2D eigenvalue weighted by Crippen LogP contribution is -2.53. The molecule has 0 aliphatic heterocycles. The van der Waals surface area contributed by atoms with Crippen molar-refractivity contribution in [1.29, 1.82) is 0 Å². The Labute approximate surface area is 207 Å². The van der Waals surface area contributed by atoms with Crippen molar-refractivity contribution in [3.05, 3.63) is 95.1 Å². The standard InChI is InChI=1S/C27H31N3O4S/c1-5-30(23-16-15-19(2)21(4)17-23)26(31)24(18-22-12-7-6-8-13-22)28-27(32)29-35(33,34)25-14-10-9-11-20(25)3/h6-17,24H,5,18H2,1-4H3,(H2,28,29,32)/t24-/m0/s1. The lowest BCUT2D eigenvalue weighted by atomic mass is 10.0. The first-order chi connectivity index (χ1) is 16.6. The maximum Gasteiger partial charge on any atom is 0.329 e. The molecule has 0 saturated heterocycles. The number of urea groups is 1. The zero-order chi connectivity index (χ0) is 25.6. The molecule has 3 aromatic carbocycles. The molecule has 0 saturated carbocycles. The van der Waals surface area contributed by atoms with Gasteiger partial charge >= 0.3 is 6.03 Å². The Hall–Kier alpha value is -3.65. The first-order valence-electron chi connectivity index (χ1n) is 11.4. The Morgan fingerprint density at radius 3 is 2.14 bits per heavy atom. The predicted molar refractivity (Wildman–Crippen MR) is 138 cm³/mol. The molecule has 0 radical (unpaired) electrons. The number of anilines is 1. The van der Waals surface area contributed by atoms with E-state index in [0.29, 0.717) is 17.8 Å². The molecule has 3 rings (SSSR count). The number of sulfonamides is 1. The van der Waals surface area contributed by atoms with Gasteiger partial charge in [-0.15, -0.1) is 0 Å². The summed E-state index contributed by atoms with van der Waals surface area (Å²) in [6.07, 6.45) is 0.207. The highest BCUT2D eigenvalue weighted by Crippen LogP contribution is 2.20. The van der Waals surface area contributed by atoms with Crippen LogP contribution < -0.4 is 14.9 Å². The van der Waals surface area contributed by atoms with Gasteiger partial charge in [-0.2, -0.15) is 0 Å². The van der Waals surface area contributed by atoms with E-state index >= 15 is 0 Å². The van der Waals surface area contributed by atoms with E-state index in [4.69, 9.17) is 0 Å². The van der Waals surface area contributed by atoms with Gasteiger partial charge in [0.1, 0.15) is 6.04 Å². The normalized spacial score (nSPS) is 12.0. The molecule has 0 heterocycles. The van der Waals surface area contributed by atoms with Crippen LogP contribution in [0.1, 0.15) is 29.2 Å².